The molecule has 1 aliphatic rings. The second-order valence-corrected chi connectivity index (χ2v) is 6.94. The summed E-state index contributed by atoms with van der Waals surface area (Å²) in [6.45, 7) is 5.28. The van der Waals surface area contributed by atoms with E-state index in [2.05, 4.69) is 4.98 Å². The van der Waals surface area contributed by atoms with Crippen LogP contribution in [-0.4, -0.2) is 41.5 Å². The van der Waals surface area contributed by atoms with E-state index in [1.54, 1.807) is 11.8 Å². The summed E-state index contributed by atoms with van der Waals surface area (Å²) in [5.74, 6) is -0.325. The Morgan fingerprint density at radius 1 is 1.52 bits per heavy atom. The van der Waals surface area contributed by atoms with E-state index < -0.39 is 0 Å². The van der Waals surface area contributed by atoms with Crippen LogP contribution in [0.15, 0.2) is 0 Å². The Morgan fingerprint density at radius 2 is 2.29 bits per heavy atom. The zero-order valence-corrected chi connectivity index (χ0v) is 13.9. The van der Waals surface area contributed by atoms with Crippen LogP contribution in [0.5, 0.6) is 0 Å². The molecule has 1 aliphatic heterocycles. The van der Waals surface area contributed by atoms with Gasteiger partial charge in [0.1, 0.15) is 0 Å². The lowest BCUT2D eigenvalue weighted by Gasteiger charge is -2.31. The summed E-state index contributed by atoms with van der Waals surface area (Å²) in [4.78, 5) is 30.0. The summed E-state index contributed by atoms with van der Waals surface area (Å²) in [5.41, 5.74) is 0.956. The van der Waals surface area contributed by atoms with Crippen LogP contribution in [0, 0.1) is 16.8 Å². The summed E-state index contributed by atoms with van der Waals surface area (Å²) in [5, 5.41) is 0. The van der Waals surface area contributed by atoms with Gasteiger partial charge in [-0.15, -0.1) is 11.3 Å². The van der Waals surface area contributed by atoms with Gasteiger partial charge in [-0.2, -0.15) is 0 Å². The van der Waals surface area contributed by atoms with Gasteiger partial charge in [-0.25, -0.2) is 0 Å². The van der Waals surface area contributed by atoms with Gasteiger partial charge in [-0.05, 0) is 38.9 Å². The molecule has 1 aromatic rings. The highest BCUT2D eigenvalue weighted by atomic mass is 32.1. The van der Waals surface area contributed by atoms with Crippen molar-refractivity contribution < 1.29 is 14.3 Å². The fraction of sp³-hybridized carbons (Fsp3) is 0.643. The maximum absolute atomic E-state index is 12.4. The molecule has 0 radical (unpaired) electrons. The predicted molar refractivity (Wildman–Crippen MR) is 83.9 cm³/mol. The lowest BCUT2D eigenvalue weighted by atomic mass is 9.98. The Kier molecular flexibility index (Phi) is 5.52. The number of ether oxygens (including phenoxy) is 1. The van der Waals surface area contributed by atoms with Crippen molar-refractivity contribution in [3.05, 3.63) is 14.5 Å². The van der Waals surface area contributed by atoms with E-state index >= 15 is 0 Å². The fourth-order valence-electron chi connectivity index (χ4n) is 2.51. The molecular formula is C14H20N2O3S2. The largest absolute Gasteiger partial charge is 0.466 e. The first-order valence-electron chi connectivity index (χ1n) is 7.14. The van der Waals surface area contributed by atoms with E-state index in [1.807, 2.05) is 6.92 Å². The van der Waals surface area contributed by atoms with Gasteiger partial charge in [0.25, 0.3) is 0 Å². The molecule has 0 spiro atoms. The molecule has 0 bridgehead atoms. The molecule has 2 rings (SSSR count). The summed E-state index contributed by atoms with van der Waals surface area (Å²) in [6.07, 6.45) is 1.99. The molecule has 0 unspecified atom stereocenters. The number of esters is 1. The minimum atomic E-state index is -0.191. The third-order valence-corrected chi connectivity index (χ3v) is 4.97. The highest BCUT2D eigenvalue weighted by Gasteiger charge is 2.29. The number of nitrogens with one attached hydrogen (secondary N) is 1. The highest BCUT2D eigenvalue weighted by Crippen LogP contribution is 2.21. The van der Waals surface area contributed by atoms with E-state index in [1.165, 1.54) is 11.3 Å². The van der Waals surface area contributed by atoms with Gasteiger partial charge < -0.3 is 14.6 Å². The maximum Gasteiger partial charge on any atom is 0.310 e. The van der Waals surface area contributed by atoms with Gasteiger partial charge in [0.15, 0.2) is 3.95 Å². The Morgan fingerprint density at radius 3 is 2.90 bits per heavy atom. The average Bonchev–Trinajstić information content (AvgIpc) is 2.77. The smallest absolute Gasteiger partial charge is 0.310 e. The fourth-order valence-corrected chi connectivity index (χ4v) is 3.79. The number of piperidine rings is 1. The summed E-state index contributed by atoms with van der Waals surface area (Å²) >= 11 is 6.53. The minimum absolute atomic E-state index is 0.0531. The second-order valence-electron chi connectivity index (χ2n) is 5.17. The van der Waals surface area contributed by atoms with Crippen LogP contribution >= 0.6 is 23.6 Å². The zero-order chi connectivity index (χ0) is 15.4. The lowest BCUT2D eigenvalue weighted by molar-refractivity contribution is -0.151. The van der Waals surface area contributed by atoms with Crippen LogP contribution in [-0.2, 0) is 20.7 Å². The molecule has 116 valence electrons. The van der Waals surface area contributed by atoms with E-state index in [4.69, 9.17) is 17.0 Å². The van der Waals surface area contributed by atoms with Gasteiger partial charge in [-0.1, -0.05) is 0 Å². The SMILES string of the molecule is CCOC(=O)[C@@H]1CCCN(C(=O)Cc2sc(=S)[nH]c2C)C1. The van der Waals surface area contributed by atoms with Gasteiger partial charge in [0.05, 0.1) is 18.9 Å². The van der Waals surface area contributed by atoms with Gasteiger partial charge >= 0.3 is 5.97 Å². The normalized spacial score (nSPS) is 18.6. The second kappa shape index (κ2) is 7.17. The molecule has 0 aliphatic carbocycles. The Hall–Kier alpha value is -1.21. The number of amides is 1. The number of hydrogen-bond acceptors (Lipinski definition) is 5. The molecule has 21 heavy (non-hydrogen) atoms. The Labute approximate surface area is 133 Å². The number of rotatable bonds is 4. The average molecular weight is 328 g/mol. The Balaban J connectivity index is 1.97. The molecule has 1 atom stereocenters. The van der Waals surface area contributed by atoms with Crippen molar-refractivity contribution in [2.45, 2.75) is 33.1 Å². The van der Waals surface area contributed by atoms with Crippen molar-refractivity contribution >= 4 is 35.4 Å². The molecular weight excluding hydrogens is 308 g/mol. The number of aromatic amines is 1. The number of aryl methyl sites for hydroxylation is 1. The first kappa shape index (κ1) is 16.2. The summed E-state index contributed by atoms with van der Waals surface area (Å²) in [7, 11) is 0. The van der Waals surface area contributed by atoms with Crippen LogP contribution in [0.25, 0.3) is 0 Å². The first-order valence-corrected chi connectivity index (χ1v) is 8.36. The van der Waals surface area contributed by atoms with Crippen LogP contribution in [0.4, 0.5) is 0 Å². The van der Waals surface area contributed by atoms with Gasteiger partial charge in [-0.3, -0.25) is 9.59 Å². The molecule has 1 N–H and O–H groups in total. The summed E-state index contributed by atoms with van der Waals surface area (Å²) in [6, 6.07) is 0. The van der Waals surface area contributed by atoms with E-state index in [0.717, 1.165) is 23.4 Å². The number of H-pyrrole nitrogens is 1. The number of thiazole rings is 1. The van der Waals surface area contributed by atoms with Gasteiger partial charge in [0, 0.05) is 23.7 Å². The maximum atomic E-state index is 12.4. The molecule has 7 heteroatoms. The third kappa shape index (κ3) is 4.14. The van der Waals surface area contributed by atoms with Crippen LogP contribution in [0.3, 0.4) is 0 Å². The Bertz CT molecular complexity index is 579. The molecule has 0 saturated carbocycles. The lowest BCUT2D eigenvalue weighted by Crippen LogP contribution is -2.43. The van der Waals surface area contributed by atoms with Crippen LogP contribution in [0.1, 0.15) is 30.3 Å². The van der Waals surface area contributed by atoms with E-state index in [-0.39, 0.29) is 17.8 Å². The van der Waals surface area contributed by atoms with Crippen LogP contribution < -0.4 is 0 Å². The quantitative estimate of drug-likeness (QED) is 0.681. The third-order valence-electron chi connectivity index (χ3n) is 3.63. The molecule has 1 saturated heterocycles. The highest BCUT2D eigenvalue weighted by molar-refractivity contribution is 7.73. The molecule has 5 nitrogen and oxygen atoms in total. The van der Waals surface area contributed by atoms with Crippen molar-refractivity contribution in [1.82, 2.24) is 9.88 Å². The van der Waals surface area contributed by atoms with E-state index in [9.17, 15) is 9.59 Å². The monoisotopic (exact) mass is 328 g/mol. The van der Waals surface area contributed by atoms with Gasteiger partial charge in [0.2, 0.25) is 5.91 Å². The van der Waals surface area contributed by atoms with Crippen molar-refractivity contribution in [2.24, 2.45) is 5.92 Å². The van der Waals surface area contributed by atoms with Crippen LogP contribution in [0.2, 0.25) is 0 Å². The number of nitrogens with zero attached hydrogens (tertiary/aromatic N) is 1. The zero-order valence-electron chi connectivity index (χ0n) is 12.3. The number of carbonyl (C=O) groups is 2. The summed E-state index contributed by atoms with van der Waals surface area (Å²) < 4.78 is 5.75. The van der Waals surface area contributed by atoms with Crippen molar-refractivity contribution in [1.29, 1.82) is 0 Å². The standard InChI is InChI=1S/C14H20N2O3S2/c1-3-19-13(18)10-5-4-6-16(8-10)12(17)7-11-9(2)15-14(20)21-11/h10H,3-8H2,1-2H3,(H,15,20)/t10-/m1/s1. The minimum Gasteiger partial charge on any atom is -0.466 e. The van der Waals surface area contributed by atoms with Crippen molar-refractivity contribution in [2.75, 3.05) is 19.7 Å². The molecule has 2 heterocycles. The van der Waals surface area contributed by atoms with Crippen molar-refractivity contribution in [3.63, 3.8) is 0 Å². The first-order chi connectivity index (χ1) is 10.0. The molecule has 1 fully saturated rings. The molecule has 1 aromatic heterocycles. The number of likely N-dealkylation sites (tertiary alicyclic amines) is 1. The van der Waals surface area contributed by atoms with E-state index in [0.29, 0.717) is 30.1 Å². The number of hydrogen-bond donors (Lipinski definition) is 1. The van der Waals surface area contributed by atoms with Crippen molar-refractivity contribution in [3.8, 4) is 0 Å². The topological polar surface area (TPSA) is 62.4 Å². The predicted octanol–water partition coefficient (Wildman–Crippen LogP) is 2.46. The molecule has 0 aromatic carbocycles. The number of carbonyl (C=O) groups excluding carboxylic acids is 2. The molecule has 1 amide bonds. The number of aromatic nitrogens is 1.